The van der Waals surface area contributed by atoms with Crippen LogP contribution in [0.15, 0.2) is 41.3 Å². The number of carbonyl (C=O) groups excluding carboxylic acids is 2. The normalized spacial score (nSPS) is 15.4. The minimum Gasteiger partial charge on any atom is -0.465 e. The largest absolute Gasteiger partial charge is 0.465 e. The average molecular weight is 374 g/mol. The van der Waals surface area contributed by atoms with E-state index in [1.54, 1.807) is 6.08 Å². The molecule has 128 valence electrons. The Balaban J connectivity index is 1.74. The van der Waals surface area contributed by atoms with Crippen LogP contribution in [0.5, 0.6) is 0 Å². The molecule has 0 bridgehead atoms. The van der Waals surface area contributed by atoms with Crippen LogP contribution in [0.4, 0.5) is 9.59 Å². The molecule has 0 atom stereocenters. The van der Waals surface area contributed by atoms with Gasteiger partial charge in [0.05, 0.1) is 4.91 Å². The van der Waals surface area contributed by atoms with Gasteiger partial charge in [0.2, 0.25) is 0 Å². The van der Waals surface area contributed by atoms with E-state index >= 15 is 0 Å². The van der Waals surface area contributed by atoms with E-state index in [0.717, 1.165) is 32.6 Å². The van der Waals surface area contributed by atoms with E-state index in [0.29, 0.717) is 17.9 Å². The Morgan fingerprint density at radius 3 is 2.80 bits per heavy atom. The van der Waals surface area contributed by atoms with Gasteiger partial charge in [0.25, 0.3) is 11.1 Å². The summed E-state index contributed by atoms with van der Waals surface area (Å²) in [5.74, 6) is -0.363. The highest BCUT2D eigenvalue weighted by Crippen LogP contribution is 2.32. The zero-order chi connectivity index (χ0) is 17.8. The molecule has 1 aromatic carbocycles. The summed E-state index contributed by atoms with van der Waals surface area (Å²) in [6.45, 7) is 0.362. The Hall–Kier alpha value is -2.58. The maximum atomic E-state index is 11.6. The number of hydrogen-bond acceptors (Lipinski definition) is 5. The van der Waals surface area contributed by atoms with Crippen molar-refractivity contribution in [3.63, 3.8) is 0 Å². The molecule has 1 fully saturated rings. The van der Waals surface area contributed by atoms with Gasteiger partial charge < -0.3 is 10.4 Å². The van der Waals surface area contributed by atoms with E-state index in [1.165, 1.54) is 11.3 Å². The Morgan fingerprint density at radius 2 is 2.08 bits per heavy atom. The third-order valence-electron chi connectivity index (χ3n) is 3.44. The number of benzene rings is 1. The number of nitrogens with one attached hydrogen (secondary N) is 2. The first-order valence-corrected chi connectivity index (χ1v) is 9.05. The molecule has 1 saturated heterocycles. The van der Waals surface area contributed by atoms with Gasteiger partial charge in [0.15, 0.2) is 0 Å². The van der Waals surface area contributed by atoms with Crippen molar-refractivity contribution in [2.75, 3.05) is 6.54 Å². The number of thioether (sulfide) groups is 1. The SMILES string of the molecule is O=C(O)NCCc1cccc(-c2ccc(C=C3SC(=O)NC3=O)s2)c1. The van der Waals surface area contributed by atoms with Crippen molar-refractivity contribution in [2.24, 2.45) is 0 Å². The molecule has 3 N–H and O–H groups in total. The Kier molecular flexibility index (Phi) is 5.20. The molecule has 2 aromatic rings. The summed E-state index contributed by atoms with van der Waals surface area (Å²) in [4.78, 5) is 35.6. The second kappa shape index (κ2) is 7.54. The van der Waals surface area contributed by atoms with Crippen LogP contribution in [0.3, 0.4) is 0 Å². The first kappa shape index (κ1) is 17.2. The molecule has 0 spiro atoms. The number of carbonyl (C=O) groups is 3. The van der Waals surface area contributed by atoms with Gasteiger partial charge in [-0.25, -0.2) is 4.79 Å². The topological polar surface area (TPSA) is 95.5 Å². The molecular weight excluding hydrogens is 360 g/mol. The minimum absolute atomic E-state index is 0.351. The van der Waals surface area contributed by atoms with Gasteiger partial charge in [0, 0.05) is 16.3 Å². The van der Waals surface area contributed by atoms with E-state index < -0.39 is 6.09 Å². The maximum Gasteiger partial charge on any atom is 0.404 e. The summed E-state index contributed by atoms with van der Waals surface area (Å²) < 4.78 is 0. The van der Waals surface area contributed by atoms with Crippen molar-refractivity contribution in [3.8, 4) is 10.4 Å². The predicted octanol–water partition coefficient (Wildman–Crippen LogP) is 3.55. The van der Waals surface area contributed by atoms with Crippen molar-refractivity contribution in [1.29, 1.82) is 0 Å². The molecule has 0 radical (unpaired) electrons. The summed E-state index contributed by atoms with van der Waals surface area (Å²) in [5.41, 5.74) is 2.07. The number of hydrogen-bond donors (Lipinski definition) is 3. The molecule has 8 heteroatoms. The first-order valence-electron chi connectivity index (χ1n) is 7.42. The minimum atomic E-state index is -1.03. The van der Waals surface area contributed by atoms with Crippen molar-refractivity contribution in [1.82, 2.24) is 10.6 Å². The van der Waals surface area contributed by atoms with Crippen molar-refractivity contribution >= 4 is 46.4 Å². The van der Waals surface area contributed by atoms with Crippen molar-refractivity contribution in [3.05, 3.63) is 51.7 Å². The van der Waals surface area contributed by atoms with Crippen LogP contribution in [0.1, 0.15) is 10.4 Å². The van der Waals surface area contributed by atoms with Gasteiger partial charge >= 0.3 is 6.09 Å². The van der Waals surface area contributed by atoms with Crippen LogP contribution in [0.2, 0.25) is 0 Å². The molecule has 6 nitrogen and oxygen atoms in total. The molecular formula is C17H14N2O4S2. The van der Waals surface area contributed by atoms with E-state index in [-0.39, 0.29) is 11.1 Å². The van der Waals surface area contributed by atoms with Gasteiger partial charge in [-0.05, 0) is 47.5 Å². The van der Waals surface area contributed by atoms with Crippen molar-refractivity contribution < 1.29 is 19.5 Å². The van der Waals surface area contributed by atoms with Crippen LogP contribution < -0.4 is 10.6 Å². The highest BCUT2D eigenvalue weighted by atomic mass is 32.2. The smallest absolute Gasteiger partial charge is 0.404 e. The van der Waals surface area contributed by atoms with E-state index in [1.807, 2.05) is 36.4 Å². The molecule has 0 unspecified atom stereocenters. The molecule has 1 aliphatic heterocycles. The highest BCUT2D eigenvalue weighted by Gasteiger charge is 2.25. The van der Waals surface area contributed by atoms with Crippen LogP contribution >= 0.6 is 23.1 Å². The zero-order valence-electron chi connectivity index (χ0n) is 12.9. The molecule has 3 rings (SSSR count). The third-order valence-corrected chi connectivity index (χ3v) is 5.34. The highest BCUT2D eigenvalue weighted by molar-refractivity contribution is 8.18. The summed E-state index contributed by atoms with van der Waals surface area (Å²) in [7, 11) is 0. The Bertz CT molecular complexity index is 873. The fourth-order valence-electron chi connectivity index (χ4n) is 2.33. The van der Waals surface area contributed by atoms with E-state index in [4.69, 9.17) is 5.11 Å². The Morgan fingerprint density at radius 1 is 1.24 bits per heavy atom. The van der Waals surface area contributed by atoms with Gasteiger partial charge in [-0.3, -0.25) is 14.9 Å². The van der Waals surface area contributed by atoms with Gasteiger partial charge in [-0.15, -0.1) is 11.3 Å². The van der Waals surface area contributed by atoms with E-state index in [2.05, 4.69) is 10.6 Å². The lowest BCUT2D eigenvalue weighted by Gasteiger charge is -2.04. The molecule has 0 aliphatic carbocycles. The predicted molar refractivity (Wildman–Crippen MR) is 98.6 cm³/mol. The van der Waals surface area contributed by atoms with Gasteiger partial charge in [-0.2, -0.15) is 0 Å². The zero-order valence-corrected chi connectivity index (χ0v) is 14.6. The number of imide groups is 1. The number of thiophene rings is 1. The maximum absolute atomic E-state index is 11.6. The fraction of sp³-hybridized carbons (Fsp3) is 0.118. The Labute approximate surface area is 151 Å². The molecule has 2 heterocycles. The standard InChI is InChI=1S/C17H14N2O4S2/c20-15-14(25-17(23)19-15)9-12-4-5-13(24-12)11-3-1-2-10(8-11)6-7-18-16(21)22/h1-5,8-9,18H,6-7H2,(H,21,22)(H,19,20,23). The summed E-state index contributed by atoms with van der Waals surface area (Å²) in [6, 6.07) is 11.8. The van der Waals surface area contributed by atoms with Crippen LogP contribution in [0.25, 0.3) is 16.5 Å². The number of amides is 3. The number of carboxylic acid groups (broad SMARTS) is 1. The lowest BCUT2D eigenvalue weighted by atomic mass is 10.1. The van der Waals surface area contributed by atoms with Crippen LogP contribution in [-0.2, 0) is 11.2 Å². The van der Waals surface area contributed by atoms with Crippen molar-refractivity contribution in [2.45, 2.75) is 6.42 Å². The van der Waals surface area contributed by atoms with Crippen LogP contribution in [-0.4, -0.2) is 28.9 Å². The van der Waals surface area contributed by atoms with Gasteiger partial charge in [0.1, 0.15) is 0 Å². The molecule has 25 heavy (non-hydrogen) atoms. The third kappa shape index (κ3) is 4.49. The average Bonchev–Trinajstić information content (AvgIpc) is 3.14. The lowest BCUT2D eigenvalue weighted by molar-refractivity contribution is -0.115. The van der Waals surface area contributed by atoms with E-state index in [9.17, 15) is 14.4 Å². The monoisotopic (exact) mass is 374 g/mol. The van der Waals surface area contributed by atoms with Gasteiger partial charge in [-0.1, -0.05) is 24.3 Å². The first-order chi connectivity index (χ1) is 12.0. The van der Waals surface area contributed by atoms with Crippen LogP contribution in [0, 0.1) is 0 Å². The second-order valence-electron chi connectivity index (χ2n) is 5.24. The lowest BCUT2D eigenvalue weighted by Crippen LogP contribution is -2.23. The molecule has 3 amide bonds. The number of rotatable bonds is 5. The molecule has 1 aromatic heterocycles. The second-order valence-corrected chi connectivity index (χ2v) is 7.37. The summed E-state index contributed by atoms with van der Waals surface area (Å²) in [6.07, 6.45) is 1.29. The summed E-state index contributed by atoms with van der Waals surface area (Å²) in [5, 5.41) is 12.8. The fourth-order valence-corrected chi connectivity index (χ4v) is 4.03. The molecule has 1 aliphatic rings. The summed E-state index contributed by atoms with van der Waals surface area (Å²) >= 11 is 2.42. The molecule has 0 saturated carbocycles. The quantitative estimate of drug-likeness (QED) is 0.696.